The number of aromatic hydroxyl groups is 1. The van der Waals surface area contributed by atoms with E-state index < -0.39 is 5.25 Å². The average Bonchev–Trinajstić information content (AvgIpc) is 3.35. The van der Waals surface area contributed by atoms with Gasteiger partial charge in [-0.2, -0.15) is 4.68 Å². The molecular formula is C18H17N5O4S. The molecule has 9 nitrogen and oxygen atoms in total. The molecule has 1 amide bonds. The van der Waals surface area contributed by atoms with Gasteiger partial charge in [0.25, 0.3) is 0 Å². The summed E-state index contributed by atoms with van der Waals surface area (Å²) in [4.78, 5) is 12.5. The monoisotopic (exact) mass is 399 g/mol. The largest absolute Gasteiger partial charge is 0.508 e. The van der Waals surface area contributed by atoms with Gasteiger partial charge in [-0.15, -0.1) is 5.10 Å². The maximum Gasteiger partial charge on any atom is 0.233 e. The fraction of sp³-hybridized carbons (Fsp3) is 0.222. The lowest BCUT2D eigenvalue weighted by Gasteiger charge is -2.12. The molecule has 28 heavy (non-hydrogen) atoms. The normalized spacial score (nSPS) is 13.3. The molecule has 0 bridgehead atoms. The highest BCUT2D eigenvalue weighted by Gasteiger charge is 2.20. The summed E-state index contributed by atoms with van der Waals surface area (Å²) in [5, 5.41) is 24.0. The van der Waals surface area contributed by atoms with Crippen molar-refractivity contribution in [3.8, 4) is 22.9 Å². The number of ether oxygens (including phenoxy) is 2. The lowest BCUT2D eigenvalue weighted by molar-refractivity contribution is -0.120. The maximum absolute atomic E-state index is 12.5. The van der Waals surface area contributed by atoms with Crippen LogP contribution in [0.3, 0.4) is 0 Å². The zero-order valence-electron chi connectivity index (χ0n) is 14.9. The molecule has 10 heteroatoms. The van der Waals surface area contributed by atoms with Gasteiger partial charge in [-0.25, -0.2) is 0 Å². The Labute approximate surface area is 164 Å². The van der Waals surface area contributed by atoms with E-state index in [1.165, 1.54) is 16.4 Å². The molecule has 0 saturated carbocycles. The summed E-state index contributed by atoms with van der Waals surface area (Å²) < 4.78 is 12.1. The van der Waals surface area contributed by atoms with Crippen molar-refractivity contribution >= 4 is 17.7 Å². The number of carbonyl (C=O) groups is 1. The Balaban J connectivity index is 1.37. The summed E-state index contributed by atoms with van der Waals surface area (Å²) in [6.07, 6.45) is 0. The van der Waals surface area contributed by atoms with E-state index in [0.717, 1.165) is 5.56 Å². The van der Waals surface area contributed by atoms with Crippen LogP contribution in [0.15, 0.2) is 47.6 Å². The van der Waals surface area contributed by atoms with Crippen LogP contribution in [0, 0.1) is 0 Å². The van der Waals surface area contributed by atoms with Gasteiger partial charge in [-0.05, 0) is 59.3 Å². The van der Waals surface area contributed by atoms with E-state index in [-0.39, 0.29) is 18.4 Å². The minimum atomic E-state index is -0.407. The van der Waals surface area contributed by atoms with Crippen molar-refractivity contribution in [2.75, 3.05) is 6.79 Å². The Hall–Kier alpha value is -3.27. The third-order valence-electron chi connectivity index (χ3n) is 4.09. The van der Waals surface area contributed by atoms with Gasteiger partial charge < -0.3 is 19.9 Å². The first-order valence-corrected chi connectivity index (χ1v) is 9.39. The molecule has 0 spiro atoms. The van der Waals surface area contributed by atoms with Gasteiger partial charge in [-0.1, -0.05) is 17.8 Å². The fourth-order valence-corrected chi connectivity index (χ4v) is 3.44. The molecule has 0 radical (unpaired) electrons. The van der Waals surface area contributed by atoms with Crippen LogP contribution in [0.1, 0.15) is 12.5 Å². The summed E-state index contributed by atoms with van der Waals surface area (Å²) in [5.41, 5.74) is 1.61. The number of hydrogen-bond donors (Lipinski definition) is 2. The molecule has 0 aliphatic carbocycles. The molecule has 2 N–H and O–H groups in total. The number of amides is 1. The fourth-order valence-electron chi connectivity index (χ4n) is 2.60. The first-order valence-electron chi connectivity index (χ1n) is 8.51. The Morgan fingerprint density at radius 1 is 1.25 bits per heavy atom. The van der Waals surface area contributed by atoms with Crippen molar-refractivity contribution in [3.63, 3.8) is 0 Å². The van der Waals surface area contributed by atoms with E-state index in [1.54, 1.807) is 31.2 Å². The molecule has 1 atom stereocenters. The Kier molecular flexibility index (Phi) is 5.02. The van der Waals surface area contributed by atoms with Crippen molar-refractivity contribution in [2.24, 2.45) is 0 Å². The van der Waals surface area contributed by atoms with Crippen LogP contribution in [-0.4, -0.2) is 43.3 Å². The number of phenols is 1. The topological polar surface area (TPSA) is 111 Å². The number of fused-ring (bicyclic) bond motifs is 1. The molecule has 0 fully saturated rings. The van der Waals surface area contributed by atoms with Gasteiger partial charge in [0.05, 0.1) is 10.9 Å². The van der Waals surface area contributed by atoms with Crippen LogP contribution in [-0.2, 0) is 11.3 Å². The molecule has 4 rings (SSSR count). The second-order valence-electron chi connectivity index (χ2n) is 6.06. The quantitative estimate of drug-likeness (QED) is 0.605. The Morgan fingerprint density at radius 2 is 2.04 bits per heavy atom. The predicted molar refractivity (Wildman–Crippen MR) is 101 cm³/mol. The predicted octanol–water partition coefficient (Wildman–Crippen LogP) is 1.89. The number of rotatable bonds is 6. The van der Waals surface area contributed by atoms with Crippen LogP contribution in [0.4, 0.5) is 0 Å². The minimum Gasteiger partial charge on any atom is -0.508 e. The van der Waals surface area contributed by atoms with Crippen molar-refractivity contribution in [2.45, 2.75) is 23.9 Å². The smallest absolute Gasteiger partial charge is 0.233 e. The number of nitrogens with zero attached hydrogens (tertiary/aromatic N) is 4. The van der Waals surface area contributed by atoms with Crippen LogP contribution < -0.4 is 14.8 Å². The van der Waals surface area contributed by atoms with Crippen LogP contribution in [0.25, 0.3) is 5.69 Å². The average molecular weight is 399 g/mol. The maximum atomic E-state index is 12.5. The van der Waals surface area contributed by atoms with Crippen molar-refractivity contribution in [3.05, 3.63) is 48.0 Å². The third kappa shape index (κ3) is 3.86. The second-order valence-corrected chi connectivity index (χ2v) is 7.36. The molecule has 0 saturated heterocycles. The molecule has 3 aromatic rings. The van der Waals surface area contributed by atoms with Crippen LogP contribution >= 0.6 is 11.8 Å². The van der Waals surface area contributed by atoms with Crippen molar-refractivity contribution in [1.82, 2.24) is 25.5 Å². The zero-order chi connectivity index (χ0) is 19.5. The first-order chi connectivity index (χ1) is 13.6. The number of thioether (sulfide) groups is 1. The van der Waals surface area contributed by atoms with Gasteiger partial charge in [0.2, 0.25) is 17.9 Å². The third-order valence-corrected chi connectivity index (χ3v) is 5.12. The Bertz CT molecular complexity index is 992. The lowest BCUT2D eigenvalue weighted by Crippen LogP contribution is -2.30. The van der Waals surface area contributed by atoms with E-state index in [0.29, 0.717) is 28.9 Å². The van der Waals surface area contributed by atoms with Gasteiger partial charge in [-0.3, -0.25) is 4.79 Å². The molecule has 1 aromatic heterocycles. The molecule has 2 heterocycles. The summed E-state index contributed by atoms with van der Waals surface area (Å²) in [7, 11) is 0. The highest BCUT2D eigenvalue weighted by atomic mass is 32.2. The summed E-state index contributed by atoms with van der Waals surface area (Å²) >= 11 is 1.25. The summed E-state index contributed by atoms with van der Waals surface area (Å²) in [6, 6.07) is 12.1. The summed E-state index contributed by atoms with van der Waals surface area (Å²) in [5.74, 6) is 1.41. The highest BCUT2D eigenvalue weighted by Crippen LogP contribution is 2.32. The van der Waals surface area contributed by atoms with E-state index in [1.807, 2.05) is 18.2 Å². The molecule has 1 unspecified atom stereocenters. The van der Waals surface area contributed by atoms with Crippen LogP contribution in [0.5, 0.6) is 17.2 Å². The molecule has 1 aliphatic heterocycles. The molecule has 2 aromatic carbocycles. The molecule has 1 aliphatic rings. The number of benzene rings is 2. The van der Waals surface area contributed by atoms with Gasteiger partial charge in [0, 0.05) is 6.54 Å². The van der Waals surface area contributed by atoms with Crippen molar-refractivity contribution in [1.29, 1.82) is 0 Å². The van der Waals surface area contributed by atoms with E-state index >= 15 is 0 Å². The van der Waals surface area contributed by atoms with Gasteiger partial charge in [0.1, 0.15) is 5.75 Å². The second kappa shape index (κ2) is 7.77. The standard InChI is InChI=1S/C18H17N5O4S/c1-11(17(25)19-9-12-2-7-15-16(8-12)27-10-26-15)28-18-20-21-22-23(18)13-3-5-14(24)6-4-13/h2-8,11,24H,9-10H2,1H3,(H,19,25). The van der Waals surface area contributed by atoms with Gasteiger partial charge in [0.15, 0.2) is 11.5 Å². The van der Waals surface area contributed by atoms with Crippen molar-refractivity contribution < 1.29 is 19.4 Å². The minimum absolute atomic E-state index is 0.136. The first kappa shape index (κ1) is 18.1. The molecular weight excluding hydrogens is 382 g/mol. The number of tetrazole rings is 1. The highest BCUT2D eigenvalue weighted by molar-refractivity contribution is 8.00. The molecule has 144 valence electrons. The SMILES string of the molecule is CC(Sc1nnnn1-c1ccc(O)cc1)C(=O)NCc1ccc2c(c1)OCO2. The zero-order valence-corrected chi connectivity index (χ0v) is 15.7. The number of nitrogens with one attached hydrogen (secondary N) is 1. The summed E-state index contributed by atoms with van der Waals surface area (Å²) in [6.45, 7) is 2.38. The number of phenolic OH excluding ortho intramolecular Hbond substituents is 1. The van der Waals surface area contributed by atoms with E-state index in [2.05, 4.69) is 20.8 Å². The van der Waals surface area contributed by atoms with E-state index in [4.69, 9.17) is 9.47 Å². The van der Waals surface area contributed by atoms with Crippen LogP contribution in [0.2, 0.25) is 0 Å². The number of carbonyl (C=O) groups excluding carboxylic acids is 1. The number of hydrogen-bond acceptors (Lipinski definition) is 8. The van der Waals surface area contributed by atoms with E-state index in [9.17, 15) is 9.90 Å². The lowest BCUT2D eigenvalue weighted by atomic mass is 10.2. The van der Waals surface area contributed by atoms with Gasteiger partial charge >= 0.3 is 0 Å². The Morgan fingerprint density at radius 3 is 2.86 bits per heavy atom. The number of aromatic nitrogens is 4.